The molecule has 2 atom stereocenters. The summed E-state index contributed by atoms with van der Waals surface area (Å²) in [6, 6.07) is 0. The summed E-state index contributed by atoms with van der Waals surface area (Å²) in [4.78, 5) is 37.4. The van der Waals surface area contributed by atoms with E-state index < -0.39 is 32.5 Å². The summed E-state index contributed by atoms with van der Waals surface area (Å²) < 4.78 is 33.8. The van der Waals surface area contributed by atoms with Gasteiger partial charge in [-0.05, 0) is 57.8 Å². The van der Waals surface area contributed by atoms with Crippen LogP contribution in [0.15, 0.2) is 24.3 Å². The maximum atomic E-state index is 12.6. The molecule has 0 fully saturated rings. The number of allylic oxidation sites excluding steroid dienone is 4. The number of ether oxygens (including phenoxy) is 2. The van der Waals surface area contributed by atoms with Crippen LogP contribution in [0.1, 0.15) is 181 Å². The molecule has 9 nitrogen and oxygen atoms in total. The minimum atomic E-state index is -4.62. The van der Waals surface area contributed by atoms with E-state index in [0.717, 1.165) is 64.2 Å². The number of likely N-dealkylation sites (N-methyl/N-ethyl adjacent to an activating group) is 1. The number of quaternary nitrogens is 1. The highest BCUT2D eigenvalue weighted by Crippen LogP contribution is 2.38. The summed E-state index contributed by atoms with van der Waals surface area (Å²) >= 11 is 0. The van der Waals surface area contributed by atoms with E-state index in [-0.39, 0.29) is 26.1 Å². The molecule has 0 aromatic carbocycles. The number of phosphoric acid groups is 1. The molecular formula is C42H80NO8P. The summed E-state index contributed by atoms with van der Waals surface area (Å²) in [7, 11) is 1.16. The van der Waals surface area contributed by atoms with Crippen molar-refractivity contribution in [1.29, 1.82) is 0 Å². The van der Waals surface area contributed by atoms with Crippen molar-refractivity contribution in [2.24, 2.45) is 0 Å². The Morgan fingerprint density at radius 1 is 0.577 bits per heavy atom. The first-order valence-corrected chi connectivity index (χ1v) is 22.5. The monoisotopic (exact) mass is 758 g/mol. The highest BCUT2D eigenvalue weighted by molar-refractivity contribution is 7.45. The van der Waals surface area contributed by atoms with E-state index in [1.54, 1.807) is 0 Å². The minimum Gasteiger partial charge on any atom is -0.756 e. The highest BCUT2D eigenvalue weighted by Gasteiger charge is 2.21. The van der Waals surface area contributed by atoms with Crippen molar-refractivity contribution >= 4 is 19.8 Å². The Morgan fingerprint density at radius 3 is 1.48 bits per heavy atom. The maximum absolute atomic E-state index is 12.6. The van der Waals surface area contributed by atoms with Crippen molar-refractivity contribution in [1.82, 2.24) is 0 Å². The molecule has 0 radical (unpaired) electrons. The molecule has 0 aliphatic rings. The maximum Gasteiger partial charge on any atom is 0.306 e. The van der Waals surface area contributed by atoms with Crippen LogP contribution in [0.4, 0.5) is 0 Å². The molecule has 306 valence electrons. The summed E-state index contributed by atoms with van der Waals surface area (Å²) in [6.45, 7) is 4.16. The molecule has 1 unspecified atom stereocenters. The minimum absolute atomic E-state index is 0.0315. The SMILES string of the molecule is CCCC/C=C/CCCCCCCC(=O)OC[C@H](COP(=O)([O-])OCC[N+](C)(C)C)OC(=O)CCCCCCCCCCC/C=C/CCCCCC. The van der Waals surface area contributed by atoms with Gasteiger partial charge in [-0.15, -0.1) is 0 Å². The van der Waals surface area contributed by atoms with Crippen LogP contribution in [-0.2, 0) is 32.7 Å². The molecule has 0 spiro atoms. The number of hydrogen-bond acceptors (Lipinski definition) is 8. The molecule has 0 N–H and O–H groups in total. The smallest absolute Gasteiger partial charge is 0.306 e. The van der Waals surface area contributed by atoms with Gasteiger partial charge in [0.05, 0.1) is 27.7 Å². The molecule has 52 heavy (non-hydrogen) atoms. The fraction of sp³-hybridized carbons (Fsp3) is 0.857. The zero-order valence-corrected chi connectivity index (χ0v) is 35.2. The molecule has 0 saturated carbocycles. The van der Waals surface area contributed by atoms with Crippen molar-refractivity contribution in [3.63, 3.8) is 0 Å². The van der Waals surface area contributed by atoms with Crippen molar-refractivity contribution in [3.05, 3.63) is 24.3 Å². The Bertz CT molecular complexity index is 949. The summed E-state index contributed by atoms with van der Waals surface area (Å²) in [5.74, 6) is -0.846. The molecular weight excluding hydrogens is 677 g/mol. The number of carbonyl (C=O) groups excluding carboxylic acids is 2. The molecule has 0 saturated heterocycles. The first-order chi connectivity index (χ1) is 25.0. The van der Waals surface area contributed by atoms with Gasteiger partial charge in [-0.2, -0.15) is 0 Å². The highest BCUT2D eigenvalue weighted by atomic mass is 31.2. The number of esters is 2. The van der Waals surface area contributed by atoms with Crippen molar-refractivity contribution in [2.45, 2.75) is 187 Å². The number of carbonyl (C=O) groups is 2. The number of unbranched alkanes of at least 4 members (excludes halogenated alkanes) is 20. The van der Waals surface area contributed by atoms with E-state index in [1.165, 1.54) is 83.5 Å². The third kappa shape index (κ3) is 38.2. The van der Waals surface area contributed by atoms with Gasteiger partial charge in [0.1, 0.15) is 19.8 Å². The van der Waals surface area contributed by atoms with Crippen LogP contribution in [0.3, 0.4) is 0 Å². The van der Waals surface area contributed by atoms with Gasteiger partial charge in [0.15, 0.2) is 6.10 Å². The number of rotatable bonds is 38. The van der Waals surface area contributed by atoms with E-state index in [4.69, 9.17) is 18.5 Å². The lowest BCUT2D eigenvalue weighted by molar-refractivity contribution is -0.870. The lowest BCUT2D eigenvalue weighted by Gasteiger charge is -2.28. The third-order valence-corrected chi connectivity index (χ3v) is 9.91. The average molecular weight is 758 g/mol. The van der Waals surface area contributed by atoms with Crippen molar-refractivity contribution < 1.29 is 42.1 Å². The fourth-order valence-electron chi connectivity index (χ4n) is 5.57. The second kappa shape index (κ2) is 35.2. The van der Waals surface area contributed by atoms with Crippen LogP contribution >= 0.6 is 7.82 Å². The van der Waals surface area contributed by atoms with Crippen LogP contribution in [0.5, 0.6) is 0 Å². The van der Waals surface area contributed by atoms with Crippen LogP contribution in [0, 0.1) is 0 Å². The Morgan fingerprint density at radius 2 is 1.00 bits per heavy atom. The second-order valence-electron chi connectivity index (χ2n) is 15.3. The van der Waals surface area contributed by atoms with Crippen LogP contribution in [-0.4, -0.2) is 70.0 Å². The summed E-state index contributed by atoms with van der Waals surface area (Å²) in [5.41, 5.74) is 0. The topological polar surface area (TPSA) is 111 Å². The van der Waals surface area contributed by atoms with Gasteiger partial charge in [-0.25, -0.2) is 0 Å². The molecule has 0 aromatic rings. The van der Waals surface area contributed by atoms with Gasteiger partial charge in [0.25, 0.3) is 7.82 Å². The molecule has 10 heteroatoms. The zero-order valence-electron chi connectivity index (χ0n) is 34.3. The standard InChI is InChI=1S/C42H80NO8P/c1-6-8-10-12-14-16-18-19-20-21-22-23-25-27-29-31-33-35-42(45)51-40(39-50-52(46,47)49-37-36-43(3,4)5)38-48-41(44)34-32-30-28-26-24-17-15-13-11-9-7-2/h13,15-16,18,40H,6-12,14,17,19-39H2,1-5H3/b15-13+,18-16+/t40-/m1/s1. The normalized spacial score (nSPS) is 13.9. The van der Waals surface area contributed by atoms with Crippen molar-refractivity contribution in [3.8, 4) is 0 Å². The predicted octanol–water partition coefficient (Wildman–Crippen LogP) is 10.9. The summed E-state index contributed by atoms with van der Waals surface area (Å²) in [5, 5.41) is 0. The zero-order chi connectivity index (χ0) is 38.6. The Balaban J connectivity index is 4.36. The van der Waals surface area contributed by atoms with E-state index in [2.05, 4.69) is 38.2 Å². The molecule has 0 heterocycles. The predicted molar refractivity (Wildman–Crippen MR) is 213 cm³/mol. The van der Waals surface area contributed by atoms with E-state index in [1.807, 2.05) is 21.1 Å². The quantitative estimate of drug-likeness (QED) is 0.0201. The second-order valence-corrected chi connectivity index (χ2v) is 16.8. The number of hydrogen-bond donors (Lipinski definition) is 0. The van der Waals surface area contributed by atoms with E-state index in [9.17, 15) is 19.0 Å². The lowest BCUT2D eigenvalue weighted by atomic mass is 10.1. The molecule has 0 aliphatic heterocycles. The summed E-state index contributed by atoms with van der Waals surface area (Å²) in [6.07, 6.45) is 36.3. The largest absolute Gasteiger partial charge is 0.756 e. The van der Waals surface area contributed by atoms with Gasteiger partial charge in [-0.1, -0.05) is 134 Å². The molecule has 0 rings (SSSR count). The molecule has 0 aromatic heterocycles. The first-order valence-electron chi connectivity index (χ1n) is 21.0. The van der Waals surface area contributed by atoms with Crippen LogP contribution in [0.2, 0.25) is 0 Å². The van der Waals surface area contributed by atoms with Crippen LogP contribution < -0.4 is 4.89 Å². The molecule has 0 bridgehead atoms. The molecule has 0 amide bonds. The van der Waals surface area contributed by atoms with Gasteiger partial charge in [-0.3, -0.25) is 14.2 Å². The van der Waals surface area contributed by atoms with Gasteiger partial charge in [0, 0.05) is 12.8 Å². The first kappa shape index (κ1) is 50.5. The van der Waals surface area contributed by atoms with Gasteiger partial charge >= 0.3 is 11.9 Å². The third-order valence-electron chi connectivity index (χ3n) is 8.94. The van der Waals surface area contributed by atoms with Crippen molar-refractivity contribution in [2.75, 3.05) is 47.5 Å². The Labute approximate surface area is 319 Å². The van der Waals surface area contributed by atoms with E-state index >= 15 is 0 Å². The fourth-order valence-corrected chi connectivity index (χ4v) is 6.30. The van der Waals surface area contributed by atoms with Crippen LogP contribution in [0.25, 0.3) is 0 Å². The van der Waals surface area contributed by atoms with Gasteiger partial charge in [0.2, 0.25) is 0 Å². The number of phosphoric ester groups is 1. The Hall–Kier alpha value is -1.51. The molecule has 0 aliphatic carbocycles. The Kier molecular flexibility index (Phi) is 34.2. The lowest BCUT2D eigenvalue weighted by Crippen LogP contribution is -2.37. The van der Waals surface area contributed by atoms with Gasteiger partial charge < -0.3 is 27.9 Å². The number of nitrogens with zero attached hydrogens (tertiary/aromatic N) is 1. The average Bonchev–Trinajstić information content (AvgIpc) is 3.09. The van der Waals surface area contributed by atoms with E-state index in [0.29, 0.717) is 17.4 Å².